The van der Waals surface area contributed by atoms with E-state index in [1.807, 2.05) is 17.5 Å². The van der Waals surface area contributed by atoms with Gasteiger partial charge < -0.3 is 5.32 Å². The molecule has 1 aromatic carbocycles. The number of hydrogen-bond donors (Lipinski definition) is 1. The molecule has 0 fully saturated rings. The fraction of sp³-hybridized carbons (Fsp3) is 0.200. The molecule has 0 unspecified atom stereocenters. The fourth-order valence-corrected chi connectivity index (χ4v) is 3.64. The SMILES string of the molecule is CCCNc1nc(Sc2cccc(F)c2)c2ccsc2n1. The van der Waals surface area contributed by atoms with Crippen LogP contribution in [0.25, 0.3) is 10.2 Å². The molecule has 0 spiro atoms. The first-order valence-corrected chi connectivity index (χ1v) is 8.38. The lowest BCUT2D eigenvalue weighted by atomic mass is 10.3. The van der Waals surface area contributed by atoms with Gasteiger partial charge in [0.05, 0.1) is 0 Å². The van der Waals surface area contributed by atoms with E-state index in [1.165, 1.54) is 23.9 Å². The van der Waals surface area contributed by atoms with Crippen molar-refractivity contribution in [1.29, 1.82) is 0 Å². The molecule has 0 aliphatic rings. The van der Waals surface area contributed by atoms with Gasteiger partial charge in [-0.25, -0.2) is 14.4 Å². The van der Waals surface area contributed by atoms with Crippen LogP contribution in [0.15, 0.2) is 45.6 Å². The summed E-state index contributed by atoms with van der Waals surface area (Å²) in [4.78, 5) is 10.8. The zero-order chi connectivity index (χ0) is 14.7. The van der Waals surface area contributed by atoms with Crippen LogP contribution < -0.4 is 5.32 Å². The van der Waals surface area contributed by atoms with Crippen LogP contribution >= 0.6 is 23.1 Å². The van der Waals surface area contributed by atoms with Crippen molar-refractivity contribution < 1.29 is 4.39 Å². The smallest absolute Gasteiger partial charge is 0.225 e. The van der Waals surface area contributed by atoms with E-state index in [2.05, 4.69) is 22.2 Å². The number of thiophene rings is 1. The van der Waals surface area contributed by atoms with Gasteiger partial charge in [0.15, 0.2) is 0 Å². The molecule has 0 bridgehead atoms. The molecule has 6 heteroatoms. The molecule has 0 aliphatic carbocycles. The Bertz CT molecular complexity index is 758. The third-order valence-corrected chi connectivity index (χ3v) is 4.63. The molecule has 3 aromatic rings. The minimum absolute atomic E-state index is 0.236. The van der Waals surface area contributed by atoms with Crippen LogP contribution in [0.1, 0.15) is 13.3 Å². The second-order valence-electron chi connectivity index (χ2n) is 4.48. The van der Waals surface area contributed by atoms with Crippen LogP contribution in [0, 0.1) is 5.82 Å². The topological polar surface area (TPSA) is 37.8 Å². The lowest BCUT2D eigenvalue weighted by Crippen LogP contribution is -2.04. The van der Waals surface area contributed by atoms with E-state index < -0.39 is 0 Å². The summed E-state index contributed by atoms with van der Waals surface area (Å²) in [5.41, 5.74) is 0. The molecular formula is C15H14FN3S2. The van der Waals surface area contributed by atoms with Gasteiger partial charge in [0.2, 0.25) is 5.95 Å². The summed E-state index contributed by atoms with van der Waals surface area (Å²) in [6.45, 7) is 2.93. The molecule has 0 saturated heterocycles. The number of aromatic nitrogens is 2. The van der Waals surface area contributed by atoms with Gasteiger partial charge in [0.25, 0.3) is 0 Å². The van der Waals surface area contributed by atoms with Crippen molar-refractivity contribution in [3.05, 3.63) is 41.5 Å². The molecule has 2 aromatic heterocycles. The maximum absolute atomic E-state index is 13.3. The van der Waals surface area contributed by atoms with Crippen molar-refractivity contribution in [1.82, 2.24) is 9.97 Å². The Morgan fingerprint density at radius 1 is 1.29 bits per heavy atom. The van der Waals surface area contributed by atoms with Crippen molar-refractivity contribution in [2.45, 2.75) is 23.3 Å². The van der Waals surface area contributed by atoms with Crippen molar-refractivity contribution in [2.24, 2.45) is 0 Å². The third kappa shape index (κ3) is 3.33. The first kappa shape index (κ1) is 14.3. The van der Waals surface area contributed by atoms with E-state index >= 15 is 0 Å². The van der Waals surface area contributed by atoms with Crippen molar-refractivity contribution in [2.75, 3.05) is 11.9 Å². The second kappa shape index (κ2) is 6.41. The number of nitrogens with zero attached hydrogens (tertiary/aromatic N) is 2. The Morgan fingerprint density at radius 2 is 2.19 bits per heavy atom. The van der Waals surface area contributed by atoms with Crippen molar-refractivity contribution >= 4 is 39.3 Å². The molecule has 0 amide bonds. The van der Waals surface area contributed by atoms with Crippen molar-refractivity contribution in [3.8, 4) is 0 Å². The lowest BCUT2D eigenvalue weighted by Gasteiger charge is -2.07. The zero-order valence-electron chi connectivity index (χ0n) is 11.5. The van der Waals surface area contributed by atoms with Gasteiger partial charge in [-0.15, -0.1) is 11.3 Å². The summed E-state index contributed by atoms with van der Waals surface area (Å²) >= 11 is 3.04. The summed E-state index contributed by atoms with van der Waals surface area (Å²) in [5.74, 6) is 0.394. The normalized spacial score (nSPS) is 11.0. The maximum Gasteiger partial charge on any atom is 0.225 e. The molecule has 3 nitrogen and oxygen atoms in total. The highest BCUT2D eigenvalue weighted by Gasteiger charge is 2.10. The van der Waals surface area contributed by atoms with Crippen LogP contribution in [0.3, 0.4) is 0 Å². The quantitative estimate of drug-likeness (QED) is 0.685. The number of benzene rings is 1. The molecule has 1 N–H and O–H groups in total. The Balaban J connectivity index is 1.97. The number of rotatable bonds is 5. The van der Waals surface area contributed by atoms with Gasteiger partial charge in [-0.1, -0.05) is 24.8 Å². The molecule has 108 valence electrons. The van der Waals surface area contributed by atoms with Gasteiger partial charge in [-0.2, -0.15) is 0 Å². The Hall–Kier alpha value is -1.66. The van der Waals surface area contributed by atoms with E-state index in [-0.39, 0.29) is 5.82 Å². The highest BCUT2D eigenvalue weighted by atomic mass is 32.2. The molecular weight excluding hydrogens is 305 g/mol. The minimum Gasteiger partial charge on any atom is -0.354 e. The molecule has 0 aliphatic heterocycles. The number of halogens is 1. The first-order chi connectivity index (χ1) is 10.3. The predicted octanol–water partition coefficient (Wildman–Crippen LogP) is 4.80. The standard InChI is InChI=1S/C15H14FN3S2/c1-2-7-17-15-18-13-12(6-8-20-13)14(19-15)21-11-5-3-4-10(16)9-11/h3-6,8-9H,2,7H2,1H3,(H,17,18,19). The van der Waals surface area contributed by atoms with Gasteiger partial charge in [0, 0.05) is 16.8 Å². The van der Waals surface area contributed by atoms with E-state index in [0.717, 1.165) is 33.1 Å². The number of nitrogens with one attached hydrogen (secondary N) is 1. The van der Waals surface area contributed by atoms with Crippen LogP contribution in [-0.4, -0.2) is 16.5 Å². The number of hydrogen-bond acceptors (Lipinski definition) is 5. The lowest BCUT2D eigenvalue weighted by molar-refractivity contribution is 0.624. The highest BCUT2D eigenvalue weighted by molar-refractivity contribution is 7.99. The van der Waals surface area contributed by atoms with Gasteiger partial charge in [-0.05, 0) is 36.1 Å². The Morgan fingerprint density at radius 3 is 3.00 bits per heavy atom. The first-order valence-electron chi connectivity index (χ1n) is 6.69. The van der Waals surface area contributed by atoms with Gasteiger partial charge in [-0.3, -0.25) is 0 Å². The van der Waals surface area contributed by atoms with E-state index in [1.54, 1.807) is 17.4 Å². The molecule has 3 rings (SSSR count). The summed E-state index contributed by atoms with van der Waals surface area (Å²) in [7, 11) is 0. The van der Waals surface area contributed by atoms with E-state index in [0.29, 0.717) is 5.95 Å². The molecule has 2 heterocycles. The molecule has 21 heavy (non-hydrogen) atoms. The van der Waals surface area contributed by atoms with Crippen LogP contribution in [0.5, 0.6) is 0 Å². The number of fused-ring (bicyclic) bond motifs is 1. The predicted molar refractivity (Wildman–Crippen MR) is 86.7 cm³/mol. The minimum atomic E-state index is -0.236. The third-order valence-electron chi connectivity index (χ3n) is 2.83. The van der Waals surface area contributed by atoms with Gasteiger partial charge >= 0.3 is 0 Å². The molecule has 0 radical (unpaired) electrons. The monoisotopic (exact) mass is 319 g/mol. The summed E-state index contributed by atoms with van der Waals surface area (Å²) < 4.78 is 13.3. The molecule has 0 saturated carbocycles. The fourth-order valence-electron chi connectivity index (χ4n) is 1.86. The average Bonchev–Trinajstić information content (AvgIpc) is 2.94. The summed E-state index contributed by atoms with van der Waals surface area (Å²) in [6.07, 6.45) is 1.01. The average molecular weight is 319 g/mol. The van der Waals surface area contributed by atoms with Crippen LogP contribution in [0.2, 0.25) is 0 Å². The second-order valence-corrected chi connectivity index (χ2v) is 6.43. The van der Waals surface area contributed by atoms with Crippen molar-refractivity contribution in [3.63, 3.8) is 0 Å². The van der Waals surface area contributed by atoms with E-state index in [4.69, 9.17) is 0 Å². The Kier molecular flexibility index (Phi) is 4.36. The van der Waals surface area contributed by atoms with Crippen LogP contribution in [-0.2, 0) is 0 Å². The zero-order valence-corrected chi connectivity index (χ0v) is 13.1. The van der Waals surface area contributed by atoms with Crippen LogP contribution in [0.4, 0.5) is 10.3 Å². The summed E-state index contributed by atoms with van der Waals surface area (Å²) in [5, 5.41) is 7.07. The molecule has 0 atom stereocenters. The Labute approximate surface area is 130 Å². The maximum atomic E-state index is 13.3. The number of anilines is 1. The summed E-state index contributed by atoms with van der Waals surface area (Å²) in [6, 6.07) is 8.56. The van der Waals surface area contributed by atoms with Gasteiger partial charge in [0.1, 0.15) is 15.7 Å². The largest absolute Gasteiger partial charge is 0.354 e. The highest BCUT2D eigenvalue weighted by Crippen LogP contribution is 2.34. The van der Waals surface area contributed by atoms with E-state index in [9.17, 15) is 4.39 Å².